The number of nitrogens with zero attached hydrogens (tertiary/aromatic N) is 3. The van der Waals surface area contributed by atoms with Gasteiger partial charge in [0.25, 0.3) is 11.8 Å². The molecule has 2 heterocycles. The minimum absolute atomic E-state index is 0.00670. The van der Waals surface area contributed by atoms with E-state index in [1.165, 1.54) is 18.5 Å². The number of amidine groups is 1. The SMILES string of the molecule is Cc1cc2c(C(N)c3cc(C(=N)NC(=O)c4ccccc4)ccc3O)ncnc2cc1C(=O)N1CCCC1. The van der Waals surface area contributed by atoms with Crippen LogP contribution in [0.4, 0.5) is 0 Å². The summed E-state index contributed by atoms with van der Waals surface area (Å²) in [7, 11) is 0. The number of hydrogen-bond donors (Lipinski definition) is 4. The van der Waals surface area contributed by atoms with E-state index in [0.717, 1.165) is 31.5 Å². The van der Waals surface area contributed by atoms with Gasteiger partial charge in [0.15, 0.2) is 0 Å². The van der Waals surface area contributed by atoms with Crippen LogP contribution in [0.1, 0.15) is 62.0 Å². The quantitative estimate of drug-likeness (QED) is 0.239. The van der Waals surface area contributed by atoms with E-state index in [-0.39, 0.29) is 17.5 Å². The summed E-state index contributed by atoms with van der Waals surface area (Å²) in [5.74, 6) is -0.604. The van der Waals surface area contributed by atoms with Crippen LogP contribution in [0.25, 0.3) is 10.9 Å². The average molecular weight is 509 g/mol. The van der Waals surface area contributed by atoms with Gasteiger partial charge in [0.1, 0.15) is 17.9 Å². The number of benzene rings is 3. The van der Waals surface area contributed by atoms with E-state index in [4.69, 9.17) is 11.1 Å². The Morgan fingerprint density at radius 3 is 2.50 bits per heavy atom. The normalized spacial score (nSPS) is 13.9. The van der Waals surface area contributed by atoms with Gasteiger partial charge in [-0.05, 0) is 67.8 Å². The third-order valence-electron chi connectivity index (χ3n) is 6.86. The van der Waals surface area contributed by atoms with Crippen molar-refractivity contribution in [1.29, 1.82) is 5.41 Å². The number of carbonyl (C=O) groups excluding carboxylic acids is 2. The number of aromatic nitrogens is 2. The van der Waals surface area contributed by atoms with E-state index in [2.05, 4.69) is 15.3 Å². The van der Waals surface area contributed by atoms with Gasteiger partial charge in [-0.3, -0.25) is 15.0 Å². The maximum atomic E-state index is 13.0. The van der Waals surface area contributed by atoms with Gasteiger partial charge in [-0.1, -0.05) is 18.2 Å². The van der Waals surface area contributed by atoms with Crippen LogP contribution in [0.3, 0.4) is 0 Å². The molecular weight excluding hydrogens is 480 g/mol. The van der Waals surface area contributed by atoms with Crippen molar-refractivity contribution in [1.82, 2.24) is 20.2 Å². The van der Waals surface area contributed by atoms with Crippen LogP contribution in [0.15, 0.2) is 67.0 Å². The molecule has 1 aliphatic rings. The number of aromatic hydroxyl groups is 1. The highest BCUT2D eigenvalue weighted by Crippen LogP contribution is 2.32. The second kappa shape index (κ2) is 10.4. The fourth-order valence-corrected chi connectivity index (χ4v) is 4.75. The summed E-state index contributed by atoms with van der Waals surface area (Å²) < 4.78 is 0. The van der Waals surface area contributed by atoms with E-state index in [9.17, 15) is 14.7 Å². The fourth-order valence-electron chi connectivity index (χ4n) is 4.75. The Labute approximate surface area is 219 Å². The third-order valence-corrected chi connectivity index (χ3v) is 6.86. The van der Waals surface area contributed by atoms with Gasteiger partial charge < -0.3 is 21.1 Å². The molecule has 1 aromatic heterocycles. The van der Waals surface area contributed by atoms with Gasteiger partial charge in [-0.15, -0.1) is 0 Å². The van der Waals surface area contributed by atoms with Gasteiger partial charge in [-0.25, -0.2) is 9.97 Å². The molecule has 5 rings (SSSR count). The lowest BCUT2D eigenvalue weighted by Crippen LogP contribution is -2.30. The summed E-state index contributed by atoms with van der Waals surface area (Å²) >= 11 is 0. The van der Waals surface area contributed by atoms with Crippen LogP contribution >= 0.6 is 0 Å². The molecule has 1 unspecified atom stereocenters. The first-order valence-electron chi connectivity index (χ1n) is 12.4. The highest BCUT2D eigenvalue weighted by Gasteiger charge is 2.24. The molecule has 38 heavy (non-hydrogen) atoms. The van der Waals surface area contributed by atoms with E-state index < -0.39 is 11.9 Å². The van der Waals surface area contributed by atoms with Crippen molar-refractivity contribution >= 4 is 28.6 Å². The first-order valence-corrected chi connectivity index (χ1v) is 12.4. The highest BCUT2D eigenvalue weighted by atomic mass is 16.3. The number of phenolic OH excluding ortho intramolecular Hbond substituents is 1. The second-order valence-corrected chi connectivity index (χ2v) is 9.39. The van der Waals surface area contributed by atoms with Crippen molar-refractivity contribution in [3.63, 3.8) is 0 Å². The molecule has 192 valence electrons. The van der Waals surface area contributed by atoms with Gasteiger partial charge in [0, 0.05) is 40.7 Å². The number of nitrogens with two attached hydrogens (primary N) is 1. The lowest BCUT2D eigenvalue weighted by atomic mass is 9.95. The Morgan fingerprint density at radius 2 is 1.76 bits per heavy atom. The van der Waals surface area contributed by atoms with Crippen LogP contribution in [-0.4, -0.2) is 50.7 Å². The van der Waals surface area contributed by atoms with Crippen molar-refractivity contribution in [2.75, 3.05) is 13.1 Å². The second-order valence-electron chi connectivity index (χ2n) is 9.39. The summed E-state index contributed by atoms with van der Waals surface area (Å²) in [5.41, 5.74) is 10.2. The lowest BCUT2D eigenvalue weighted by Gasteiger charge is -2.19. The predicted molar refractivity (Wildman–Crippen MR) is 144 cm³/mol. The zero-order valence-electron chi connectivity index (χ0n) is 20.9. The zero-order chi connectivity index (χ0) is 26.8. The molecule has 9 heteroatoms. The lowest BCUT2D eigenvalue weighted by molar-refractivity contribution is 0.0792. The van der Waals surface area contributed by atoms with Crippen LogP contribution < -0.4 is 11.1 Å². The van der Waals surface area contributed by atoms with E-state index in [0.29, 0.717) is 38.9 Å². The minimum atomic E-state index is -0.849. The Balaban J connectivity index is 1.45. The van der Waals surface area contributed by atoms with Gasteiger partial charge in [-0.2, -0.15) is 0 Å². The first kappa shape index (κ1) is 25.0. The monoisotopic (exact) mass is 508 g/mol. The average Bonchev–Trinajstić information content (AvgIpc) is 3.47. The van der Waals surface area contributed by atoms with Crippen LogP contribution in [0, 0.1) is 12.3 Å². The standard InChI is InChI=1S/C29H28N6O3/c1-17-13-21-23(15-20(17)29(38)35-11-5-6-12-35)32-16-33-26(21)25(30)22-14-19(9-10-24(22)36)27(31)34-28(37)18-7-3-2-4-8-18/h2-4,7-10,13-16,25,36H,5-6,11-12,30H2,1H3,(H2,31,34,37). The maximum absolute atomic E-state index is 13.0. The molecule has 1 aliphatic heterocycles. The number of nitrogens with one attached hydrogen (secondary N) is 2. The highest BCUT2D eigenvalue weighted by molar-refractivity contribution is 6.11. The minimum Gasteiger partial charge on any atom is -0.508 e. The molecule has 4 aromatic rings. The Hall–Kier alpha value is -4.63. The summed E-state index contributed by atoms with van der Waals surface area (Å²) in [6.07, 6.45) is 3.41. The zero-order valence-corrected chi connectivity index (χ0v) is 20.9. The molecule has 0 aliphatic carbocycles. The number of aryl methyl sites for hydroxylation is 1. The smallest absolute Gasteiger partial charge is 0.256 e. The van der Waals surface area contributed by atoms with Crippen molar-refractivity contribution in [2.45, 2.75) is 25.8 Å². The molecular formula is C29H28N6O3. The van der Waals surface area contributed by atoms with Crippen molar-refractivity contribution in [2.24, 2.45) is 5.73 Å². The van der Waals surface area contributed by atoms with Gasteiger partial charge >= 0.3 is 0 Å². The number of amides is 2. The van der Waals surface area contributed by atoms with Crippen LogP contribution in [0.5, 0.6) is 5.75 Å². The van der Waals surface area contributed by atoms with Crippen LogP contribution in [-0.2, 0) is 0 Å². The summed E-state index contributed by atoms with van der Waals surface area (Å²) in [5, 5.41) is 22.3. The number of rotatable bonds is 5. The molecule has 1 saturated heterocycles. The van der Waals surface area contributed by atoms with Gasteiger partial charge in [0.05, 0.1) is 17.3 Å². The summed E-state index contributed by atoms with van der Waals surface area (Å²) in [6.45, 7) is 3.39. The van der Waals surface area contributed by atoms with E-state index in [1.54, 1.807) is 42.5 Å². The number of likely N-dealkylation sites (tertiary alicyclic amines) is 1. The molecule has 0 radical (unpaired) electrons. The molecule has 0 bridgehead atoms. The molecule has 2 amide bonds. The fraction of sp³-hybridized carbons (Fsp3) is 0.207. The van der Waals surface area contributed by atoms with Gasteiger partial charge in [0.2, 0.25) is 0 Å². The molecule has 9 nitrogen and oxygen atoms in total. The van der Waals surface area contributed by atoms with Crippen molar-refractivity contribution in [3.05, 3.63) is 101 Å². The van der Waals surface area contributed by atoms with Crippen LogP contribution in [0.2, 0.25) is 0 Å². The maximum Gasteiger partial charge on any atom is 0.256 e. The molecule has 3 aromatic carbocycles. The third kappa shape index (κ3) is 4.83. The molecule has 1 atom stereocenters. The predicted octanol–water partition coefficient (Wildman–Crippen LogP) is 3.68. The largest absolute Gasteiger partial charge is 0.508 e. The molecule has 0 saturated carbocycles. The Bertz CT molecular complexity index is 1550. The number of phenols is 1. The van der Waals surface area contributed by atoms with E-state index >= 15 is 0 Å². The van der Waals surface area contributed by atoms with E-state index in [1.807, 2.05) is 17.9 Å². The topological polar surface area (TPSA) is 145 Å². The molecule has 5 N–H and O–H groups in total. The Morgan fingerprint density at radius 1 is 1.03 bits per heavy atom. The molecule has 1 fully saturated rings. The molecule has 0 spiro atoms. The number of hydrogen-bond acceptors (Lipinski definition) is 7. The first-order chi connectivity index (χ1) is 18.3. The number of fused-ring (bicyclic) bond motifs is 1. The van der Waals surface area contributed by atoms with Crippen molar-refractivity contribution < 1.29 is 14.7 Å². The Kier molecular flexibility index (Phi) is 6.85. The summed E-state index contributed by atoms with van der Waals surface area (Å²) in [4.78, 5) is 36.2. The van der Waals surface area contributed by atoms with Crippen molar-refractivity contribution in [3.8, 4) is 5.75 Å². The number of carbonyl (C=O) groups is 2. The summed E-state index contributed by atoms with van der Waals surface area (Å²) in [6, 6.07) is 15.9.